The first kappa shape index (κ1) is 15.1. The highest BCUT2D eigenvalue weighted by Crippen LogP contribution is 2.39. The van der Waals surface area contributed by atoms with Crippen molar-refractivity contribution in [1.29, 1.82) is 0 Å². The van der Waals surface area contributed by atoms with Crippen LogP contribution in [0.3, 0.4) is 0 Å². The van der Waals surface area contributed by atoms with Crippen molar-refractivity contribution in [2.75, 3.05) is 14.2 Å². The molecular weight excluding hydrogens is 366 g/mol. The lowest BCUT2D eigenvalue weighted by atomic mass is 10.1. The molecule has 0 amide bonds. The molecule has 0 aliphatic rings. The molecule has 4 aromatic rings. The highest BCUT2D eigenvalue weighted by molar-refractivity contribution is 9.10. The van der Waals surface area contributed by atoms with Gasteiger partial charge in [0.15, 0.2) is 0 Å². The van der Waals surface area contributed by atoms with Crippen LogP contribution in [0, 0.1) is 0 Å². The Morgan fingerprint density at radius 3 is 2.21 bits per heavy atom. The number of benzene rings is 3. The van der Waals surface area contributed by atoms with Gasteiger partial charge in [-0.15, -0.1) is 0 Å². The summed E-state index contributed by atoms with van der Waals surface area (Å²) in [6, 6.07) is 20.6. The largest absolute Gasteiger partial charge is 0.497 e. The molecule has 3 nitrogen and oxygen atoms in total. The normalized spacial score (nSPS) is 11.1. The monoisotopic (exact) mass is 381 g/mol. The van der Waals surface area contributed by atoms with E-state index in [9.17, 15) is 0 Å². The second-order valence-electron chi connectivity index (χ2n) is 5.56. The van der Waals surface area contributed by atoms with Crippen molar-refractivity contribution in [3.63, 3.8) is 0 Å². The maximum absolute atomic E-state index is 5.45. The molecule has 0 unspecified atom stereocenters. The summed E-state index contributed by atoms with van der Waals surface area (Å²) in [5.74, 6) is 1.66. The molecule has 0 radical (unpaired) electrons. The summed E-state index contributed by atoms with van der Waals surface area (Å²) in [4.78, 5) is 0. The Kier molecular flexibility index (Phi) is 3.69. The van der Waals surface area contributed by atoms with Crippen LogP contribution in [0.5, 0.6) is 11.5 Å². The lowest BCUT2D eigenvalue weighted by molar-refractivity contribution is 0.415. The van der Waals surface area contributed by atoms with Gasteiger partial charge in [-0.1, -0.05) is 18.2 Å². The summed E-state index contributed by atoms with van der Waals surface area (Å²) in [5.41, 5.74) is 3.37. The van der Waals surface area contributed by atoms with Crippen molar-refractivity contribution in [3.8, 4) is 17.2 Å². The molecule has 24 heavy (non-hydrogen) atoms. The van der Waals surface area contributed by atoms with Crippen molar-refractivity contribution < 1.29 is 9.47 Å². The smallest absolute Gasteiger partial charge is 0.120 e. The number of ether oxygens (including phenoxy) is 2. The van der Waals surface area contributed by atoms with Crippen LogP contribution in [-0.2, 0) is 0 Å². The van der Waals surface area contributed by atoms with E-state index in [1.54, 1.807) is 14.2 Å². The summed E-state index contributed by atoms with van der Waals surface area (Å²) in [6.07, 6.45) is 0. The third kappa shape index (κ3) is 2.26. The van der Waals surface area contributed by atoms with E-state index in [4.69, 9.17) is 9.47 Å². The standard InChI is InChI=1S/C20H16BrNO2/c1-23-14-8-9-19-16(10-14)17-11-15(24-2)12-18(21)20(17)22(19)13-6-4-3-5-7-13/h3-12H,1-2H3. The van der Waals surface area contributed by atoms with Gasteiger partial charge in [-0.25, -0.2) is 0 Å². The summed E-state index contributed by atoms with van der Waals surface area (Å²) >= 11 is 3.72. The summed E-state index contributed by atoms with van der Waals surface area (Å²) in [5, 5.41) is 2.26. The van der Waals surface area contributed by atoms with Gasteiger partial charge in [0.25, 0.3) is 0 Å². The fraction of sp³-hybridized carbons (Fsp3) is 0.100. The first-order chi connectivity index (χ1) is 11.7. The topological polar surface area (TPSA) is 23.4 Å². The Bertz CT molecular complexity index is 1040. The molecular formula is C20H16BrNO2. The molecule has 0 saturated heterocycles. The minimum Gasteiger partial charge on any atom is -0.497 e. The maximum atomic E-state index is 5.45. The number of fused-ring (bicyclic) bond motifs is 3. The number of aromatic nitrogens is 1. The van der Waals surface area contributed by atoms with Gasteiger partial charge in [0, 0.05) is 20.9 Å². The number of rotatable bonds is 3. The van der Waals surface area contributed by atoms with Crippen LogP contribution < -0.4 is 9.47 Å². The highest BCUT2D eigenvalue weighted by atomic mass is 79.9. The van der Waals surface area contributed by atoms with Crippen molar-refractivity contribution >= 4 is 37.7 Å². The fourth-order valence-electron chi connectivity index (χ4n) is 3.14. The average molecular weight is 382 g/mol. The van der Waals surface area contributed by atoms with E-state index in [0.29, 0.717) is 0 Å². The first-order valence-corrected chi connectivity index (χ1v) is 8.43. The zero-order valence-corrected chi connectivity index (χ0v) is 15.0. The van der Waals surface area contributed by atoms with E-state index in [0.717, 1.165) is 43.5 Å². The molecule has 0 bridgehead atoms. The second kappa shape index (κ2) is 5.87. The number of para-hydroxylation sites is 1. The zero-order valence-electron chi connectivity index (χ0n) is 13.4. The van der Waals surface area contributed by atoms with Crippen LogP contribution in [0.4, 0.5) is 0 Å². The van der Waals surface area contributed by atoms with Crippen LogP contribution in [-0.4, -0.2) is 18.8 Å². The Hall–Kier alpha value is -2.46. The number of hydrogen-bond donors (Lipinski definition) is 0. The van der Waals surface area contributed by atoms with E-state index in [2.05, 4.69) is 50.8 Å². The molecule has 0 spiro atoms. The summed E-state index contributed by atoms with van der Waals surface area (Å²) in [7, 11) is 3.37. The van der Waals surface area contributed by atoms with Crippen molar-refractivity contribution in [3.05, 3.63) is 65.1 Å². The highest BCUT2D eigenvalue weighted by Gasteiger charge is 2.16. The number of methoxy groups -OCH3 is 2. The van der Waals surface area contributed by atoms with E-state index < -0.39 is 0 Å². The van der Waals surface area contributed by atoms with E-state index in [1.165, 1.54) is 0 Å². The molecule has 0 aliphatic carbocycles. The molecule has 4 heteroatoms. The summed E-state index contributed by atoms with van der Waals surface area (Å²) < 4.78 is 14.1. The van der Waals surface area contributed by atoms with Crippen molar-refractivity contribution in [2.24, 2.45) is 0 Å². The average Bonchev–Trinajstić information content (AvgIpc) is 2.96. The molecule has 3 aromatic carbocycles. The molecule has 1 aromatic heterocycles. The predicted octanol–water partition coefficient (Wildman–Crippen LogP) is 5.56. The van der Waals surface area contributed by atoms with Crippen LogP contribution in [0.1, 0.15) is 0 Å². The van der Waals surface area contributed by atoms with Gasteiger partial charge >= 0.3 is 0 Å². The van der Waals surface area contributed by atoms with E-state index in [1.807, 2.05) is 30.3 Å². The molecule has 1 heterocycles. The molecule has 0 aliphatic heterocycles. The predicted molar refractivity (Wildman–Crippen MR) is 102 cm³/mol. The molecule has 120 valence electrons. The van der Waals surface area contributed by atoms with Crippen molar-refractivity contribution in [2.45, 2.75) is 0 Å². The van der Waals surface area contributed by atoms with Gasteiger partial charge < -0.3 is 14.0 Å². The SMILES string of the molecule is COc1ccc2c(c1)c1cc(OC)cc(Br)c1n2-c1ccccc1. The molecule has 4 rings (SSSR count). The van der Waals surface area contributed by atoms with Gasteiger partial charge in [0.1, 0.15) is 11.5 Å². The van der Waals surface area contributed by atoms with Crippen LogP contribution in [0.25, 0.3) is 27.5 Å². The molecule has 0 atom stereocenters. The van der Waals surface area contributed by atoms with E-state index in [-0.39, 0.29) is 0 Å². The Morgan fingerprint density at radius 1 is 0.792 bits per heavy atom. The number of halogens is 1. The fourth-order valence-corrected chi connectivity index (χ4v) is 3.76. The van der Waals surface area contributed by atoms with Crippen LogP contribution in [0.2, 0.25) is 0 Å². The Labute approximate surface area is 148 Å². The van der Waals surface area contributed by atoms with Gasteiger partial charge in [-0.3, -0.25) is 0 Å². The molecule has 0 fully saturated rings. The minimum atomic E-state index is 0.823. The zero-order chi connectivity index (χ0) is 16.7. The Balaban J connectivity index is 2.20. The number of hydrogen-bond acceptors (Lipinski definition) is 2. The third-order valence-corrected chi connectivity index (χ3v) is 4.85. The number of nitrogens with zero attached hydrogens (tertiary/aromatic N) is 1. The quantitative estimate of drug-likeness (QED) is 0.463. The van der Waals surface area contributed by atoms with Crippen LogP contribution in [0.15, 0.2) is 65.1 Å². The van der Waals surface area contributed by atoms with E-state index >= 15 is 0 Å². The second-order valence-corrected chi connectivity index (χ2v) is 6.41. The lowest BCUT2D eigenvalue weighted by Gasteiger charge is -2.09. The Morgan fingerprint density at radius 2 is 1.50 bits per heavy atom. The first-order valence-electron chi connectivity index (χ1n) is 7.64. The minimum absolute atomic E-state index is 0.823. The maximum Gasteiger partial charge on any atom is 0.120 e. The summed E-state index contributed by atoms with van der Waals surface area (Å²) in [6.45, 7) is 0. The molecule has 0 N–H and O–H groups in total. The van der Waals surface area contributed by atoms with Gasteiger partial charge in [-0.05, 0) is 58.4 Å². The van der Waals surface area contributed by atoms with Gasteiger partial charge in [0.2, 0.25) is 0 Å². The molecule has 0 saturated carbocycles. The van der Waals surface area contributed by atoms with Gasteiger partial charge in [-0.2, -0.15) is 0 Å². The van der Waals surface area contributed by atoms with Gasteiger partial charge in [0.05, 0.1) is 25.3 Å². The van der Waals surface area contributed by atoms with Crippen LogP contribution >= 0.6 is 15.9 Å². The lowest BCUT2D eigenvalue weighted by Crippen LogP contribution is -1.94. The third-order valence-electron chi connectivity index (χ3n) is 4.25. The van der Waals surface area contributed by atoms with Crippen molar-refractivity contribution in [1.82, 2.24) is 4.57 Å².